The van der Waals surface area contributed by atoms with E-state index in [1.54, 1.807) is 19.1 Å². The van der Waals surface area contributed by atoms with Gasteiger partial charge >= 0.3 is 0 Å². The van der Waals surface area contributed by atoms with Crippen LogP contribution in [-0.2, 0) is 0 Å². The SMILES string of the molecule is Cc1ccc2nc(Sc3ccc(C(C)O)cc3F)[nH]c2c1. The van der Waals surface area contributed by atoms with E-state index in [0.29, 0.717) is 15.6 Å². The van der Waals surface area contributed by atoms with E-state index in [1.807, 2.05) is 25.1 Å². The van der Waals surface area contributed by atoms with Crippen molar-refractivity contribution in [2.45, 2.75) is 30.0 Å². The van der Waals surface area contributed by atoms with Crippen molar-refractivity contribution in [3.8, 4) is 0 Å². The van der Waals surface area contributed by atoms with Crippen molar-refractivity contribution in [3.63, 3.8) is 0 Å². The van der Waals surface area contributed by atoms with Crippen molar-refractivity contribution in [1.29, 1.82) is 0 Å². The predicted octanol–water partition coefficient (Wildman–Crippen LogP) is 4.21. The molecule has 5 heteroatoms. The summed E-state index contributed by atoms with van der Waals surface area (Å²) < 4.78 is 14.0. The summed E-state index contributed by atoms with van der Waals surface area (Å²) in [5.41, 5.74) is 3.52. The lowest BCUT2D eigenvalue weighted by Crippen LogP contribution is -1.93. The quantitative estimate of drug-likeness (QED) is 0.761. The number of aliphatic hydroxyl groups excluding tert-OH is 1. The van der Waals surface area contributed by atoms with Crippen LogP contribution in [0.4, 0.5) is 4.39 Å². The van der Waals surface area contributed by atoms with Crippen LogP contribution in [0.2, 0.25) is 0 Å². The fraction of sp³-hybridized carbons (Fsp3) is 0.188. The molecule has 3 nitrogen and oxygen atoms in total. The molecule has 2 N–H and O–H groups in total. The first-order valence-electron chi connectivity index (χ1n) is 6.64. The number of H-pyrrole nitrogens is 1. The number of aromatic amines is 1. The van der Waals surface area contributed by atoms with Gasteiger partial charge in [0.25, 0.3) is 0 Å². The molecule has 21 heavy (non-hydrogen) atoms. The van der Waals surface area contributed by atoms with Gasteiger partial charge in [-0.15, -0.1) is 0 Å². The van der Waals surface area contributed by atoms with Crippen LogP contribution < -0.4 is 0 Å². The zero-order chi connectivity index (χ0) is 15.0. The first-order chi connectivity index (χ1) is 10.0. The van der Waals surface area contributed by atoms with Crippen molar-refractivity contribution in [1.82, 2.24) is 9.97 Å². The Kier molecular flexibility index (Phi) is 3.69. The summed E-state index contributed by atoms with van der Waals surface area (Å²) in [6, 6.07) is 10.7. The number of nitrogens with one attached hydrogen (secondary N) is 1. The number of imidazole rings is 1. The number of aliphatic hydroxyl groups is 1. The van der Waals surface area contributed by atoms with Gasteiger partial charge in [-0.1, -0.05) is 12.1 Å². The molecular formula is C16H15FN2OS. The summed E-state index contributed by atoms with van der Waals surface area (Å²) in [6.07, 6.45) is -0.673. The average Bonchev–Trinajstić information content (AvgIpc) is 2.82. The van der Waals surface area contributed by atoms with Gasteiger partial charge in [0.1, 0.15) is 5.82 Å². The van der Waals surface area contributed by atoms with Gasteiger partial charge in [-0.05, 0) is 61.0 Å². The topological polar surface area (TPSA) is 48.9 Å². The van der Waals surface area contributed by atoms with Gasteiger partial charge < -0.3 is 10.1 Å². The lowest BCUT2D eigenvalue weighted by Gasteiger charge is -2.06. The molecule has 0 fully saturated rings. The van der Waals surface area contributed by atoms with Crippen molar-refractivity contribution in [2.24, 2.45) is 0 Å². The minimum absolute atomic E-state index is 0.352. The number of rotatable bonds is 3. The Morgan fingerprint density at radius 3 is 2.76 bits per heavy atom. The highest BCUT2D eigenvalue weighted by atomic mass is 32.2. The molecule has 0 amide bonds. The first-order valence-corrected chi connectivity index (χ1v) is 7.46. The van der Waals surface area contributed by atoms with Crippen molar-refractivity contribution >= 4 is 22.8 Å². The summed E-state index contributed by atoms with van der Waals surface area (Å²) >= 11 is 1.24. The van der Waals surface area contributed by atoms with Gasteiger partial charge in [-0.25, -0.2) is 9.37 Å². The molecule has 3 rings (SSSR count). The fourth-order valence-electron chi connectivity index (χ4n) is 2.11. The minimum atomic E-state index is -0.673. The molecule has 1 unspecified atom stereocenters. The van der Waals surface area contributed by atoms with Gasteiger partial charge in [-0.2, -0.15) is 0 Å². The predicted molar refractivity (Wildman–Crippen MR) is 82.0 cm³/mol. The van der Waals surface area contributed by atoms with Crippen LogP contribution in [0.5, 0.6) is 0 Å². The molecule has 1 atom stereocenters. The molecule has 2 aromatic carbocycles. The zero-order valence-corrected chi connectivity index (χ0v) is 12.5. The van der Waals surface area contributed by atoms with Crippen LogP contribution in [0.15, 0.2) is 46.5 Å². The number of aromatic nitrogens is 2. The van der Waals surface area contributed by atoms with Crippen LogP contribution in [0.1, 0.15) is 24.2 Å². The average molecular weight is 302 g/mol. The number of benzene rings is 2. The van der Waals surface area contributed by atoms with E-state index in [-0.39, 0.29) is 5.82 Å². The largest absolute Gasteiger partial charge is 0.389 e. The summed E-state index contributed by atoms with van der Waals surface area (Å²) in [6.45, 7) is 3.63. The Morgan fingerprint density at radius 2 is 2.05 bits per heavy atom. The van der Waals surface area contributed by atoms with Crippen LogP contribution in [-0.4, -0.2) is 15.1 Å². The lowest BCUT2D eigenvalue weighted by atomic mass is 10.1. The number of aryl methyl sites for hydroxylation is 1. The first kappa shape index (κ1) is 14.1. The third-order valence-electron chi connectivity index (χ3n) is 3.26. The van der Waals surface area contributed by atoms with Crippen LogP contribution in [0.3, 0.4) is 0 Å². The molecule has 0 saturated heterocycles. The maximum atomic E-state index is 14.0. The van der Waals surface area contributed by atoms with Crippen LogP contribution in [0.25, 0.3) is 11.0 Å². The van der Waals surface area contributed by atoms with E-state index in [1.165, 1.54) is 17.8 Å². The molecule has 0 saturated carbocycles. The third-order valence-corrected chi connectivity index (χ3v) is 4.20. The van der Waals surface area contributed by atoms with E-state index in [9.17, 15) is 9.50 Å². The Morgan fingerprint density at radius 1 is 1.24 bits per heavy atom. The number of fused-ring (bicyclic) bond motifs is 1. The monoisotopic (exact) mass is 302 g/mol. The zero-order valence-electron chi connectivity index (χ0n) is 11.7. The lowest BCUT2D eigenvalue weighted by molar-refractivity contribution is 0.198. The summed E-state index contributed by atoms with van der Waals surface area (Å²) in [4.78, 5) is 8.11. The Bertz CT molecular complexity index is 798. The molecular weight excluding hydrogens is 287 g/mol. The van der Waals surface area contributed by atoms with Crippen LogP contribution >= 0.6 is 11.8 Å². The summed E-state index contributed by atoms with van der Waals surface area (Å²) in [5, 5.41) is 10.1. The van der Waals surface area contributed by atoms with Crippen LogP contribution in [0, 0.1) is 12.7 Å². The van der Waals surface area contributed by atoms with Gasteiger partial charge in [0, 0.05) is 0 Å². The van der Waals surface area contributed by atoms with Crippen molar-refractivity contribution < 1.29 is 9.50 Å². The number of hydrogen-bond acceptors (Lipinski definition) is 3. The Balaban J connectivity index is 1.91. The van der Waals surface area contributed by atoms with Gasteiger partial charge in [0.05, 0.1) is 22.0 Å². The second-order valence-electron chi connectivity index (χ2n) is 5.03. The highest BCUT2D eigenvalue weighted by Crippen LogP contribution is 2.30. The molecule has 0 aliphatic heterocycles. The molecule has 0 aliphatic rings. The normalized spacial score (nSPS) is 12.8. The summed E-state index contributed by atoms with van der Waals surface area (Å²) in [7, 11) is 0. The van der Waals surface area contributed by atoms with Gasteiger partial charge in [0.2, 0.25) is 0 Å². The number of halogens is 1. The third kappa shape index (κ3) is 2.94. The smallest absolute Gasteiger partial charge is 0.171 e. The van der Waals surface area contributed by atoms with Crippen molar-refractivity contribution in [2.75, 3.05) is 0 Å². The number of nitrogens with zero attached hydrogens (tertiary/aromatic N) is 1. The van der Waals surface area contributed by atoms with Gasteiger partial charge in [0.15, 0.2) is 5.16 Å². The fourth-order valence-corrected chi connectivity index (χ4v) is 2.92. The second-order valence-corrected chi connectivity index (χ2v) is 6.06. The number of hydrogen-bond donors (Lipinski definition) is 2. The molecule has 0 spiro atoms. The maximum Gasteiger partial charge on any atom is 0.171 e. The van der Waals surface area contributed by atoms with E-state index < -0.39 is 6.10 Å². The molecule has 0 radical (unpaired) electrons. The highest BCUT2D eigenvalue weighted by Gasteiger charge is 2.11. The van der Waals surface area contributed by atoms with E-state index >= 15 is 0 Å². The molecule has 3 aromatic rings. The van der Waals surface area contributed by atoms with E-state index in [0.717, 1.165) is 16.6 Å². The minimum Gasteiger partial charge on any atom is -0.389 e. The highest BCUT2D eigenvalue weighted by molar-refractivity contribution is 7.99. The molecule has 0 bridgehead atoms. The Labute approximate surface area is 126 Å². The standard InChI is InChI=1S/C16H15FN2OS/c1-9-3-5-13-14(7-9)19-16(18-13)21-15-6-4-11(10(2)20)8-12(15)17/h3-8,10,20H,1-2H3,(H,18,19). The van der Waals surface area contributed by atoms with E-state index in [4.69, 9.17) is 0 Å². The van der Waals surface area contributed by atoms with E-state index in [2.05, 4.69) is 9.97 Å². The molecule has 1 aromatic heterocycles. The molecule has 1 heterocycles. The summed E-state index contributed by atoms with van der Waals surface area (Å²) in [5.74, 6) is -0.352. The van der Waals surface area contributed by atoms with Gasteiger partial charge in [-0.3, -0.25) is 0 Å². The maximum absolute atomic E-state index is 14.0. The molecule has 108 valence electrons. The van der Waals surface area contributed by atoms with Crippen molar-refractivity contribution in [3.05, 3.63) is 53.3 Å². The second kappa shape index (κ2) is 5.50. The molecule has 0 aliphatic carbocycles. The Hall–Kier alpha value is -1.85.